The fraction of sp³-hybridized carbons (Fsp3) is 0.576. The molecule has 1 aliphatic heterocycles. The smallest absolute Gasteiger partial charge is 0.353 e. The summed E-state index contributed by atoms with van der Waals surface area (Å²) in [6.45, 7) is 5.21. The van der Waals surface area contributed by atoms with Gasteiger partial charge < -0.3 is 5.32 Å². The highest BCUT2D eigenvalue weighted by atomic mass is 19.4. The summed E-state index contributed by atoms with van der Waals surface area (Å²) >= 11 is 0. The molecule has 2 aromatic rings. The van der Waals surface area contributed by atoms with E-state index >= 15 is 0 Å². The van der Waals surface area contributed by atoms with Crippen LogP contribution in [0.25, 0.3) is 0 Å². The molecule has 2 N–H and O–H groups in total. The van der Waals surface area contributed by atoms with E-state index < -0.39 is 35.4 Å². The van der Waals surface area contributed by atoms with Crippen molar-refractivity contribution in [2.24, 2.45) is 10.4 Å². The largest absolute Gasteiger partial charge is 0.416 e. The van der Waals surface area contributed by atoms with Crippen molar-refractivity contribution in [2.45, 2.75) is 102 Å². The molecule has 10 heteroatoms. The van der Waals surface area contributed by atoms with Crippen molar-refractivity contribution in [1.82, 2.24) is 15.5 Å². The molecule has 5 nitrogen and oxygen atoms in total. The van der Waals surface area contributed by atoms with Crippen molar-refractivity contribution < 1.29 is 26.7 Å². The topological polar surface area (TPSA) is 56.7 Å². The van der Waals surface area contributed by atoms with E-state index in [4.69, 9.17) is 4.99 Å². The van der Waals surface area contributed by atoms with Gasteiger partial charge in [0.2, 0.25) is 0 Å². The monoisotopic (exact) mass is 606 g/mol. The van der Waals surface area contributed by atoms with Crippen molar-refractivity contribution >= 4 is 11.9 Å². The van der Waals surface area contributed by atoms with Crippen LogP contribution in [0.5, 0.6) is 0 Å². The fourth-order valence-electron chi connectivity index (χ4n) is 6.13. The van der Waals surface area contributed by atoms with Crippen LogP contribution in [0.1, 0.15) is 105 Å². The lowest BCUT2D eigenvalue weighted by Gasteiger charge is -2.30. The molecular formula is C33H43F5N4O. The van der Waals surface area contributed by atoms with Crippen LogP contribution in [-0.2, 0) is 6.18 Å². The summed E-state index contributed by atoms with van der Waals surface area (Å²) in [6, 6.07) is 7.85. The third kappa shape index (κ3) is 9.74. The number of hydrogen-bond donors (Lipinski definition) is 2. The molecule has 1 saturated carbocycles. The molecule has 0 bridgehead atoms. The first-order valence-corrected chi connectivity index (χ1v) is 15.3. The third-order valence-corrected chi connectivity index (χ3v) is 8.82. The second-order valence-corrected chi connectivity index (χ2v) is 12.9. The highest BCUT2D eigenvalue weighted by Gasteiger charge is 2.31. The van der Waals surface area contributed by atoms with Crippen molar-refractivity contribution in [3.63, 3.8) is 0 Å². The number of guanidine groups is 1. The molecule has 0 aromatic heterocycles. The summed E-state index contributed by atoms with van der Waals surface area (Å²) in [5, 5.41) is 6.19. The van der Waals surface area contributed by atoms with E-state index in [1.165, 1.54) is 12.1 Å². The van der Waals surface area contributed by atoms with Gasteiger partial charge in [0.1, 0.15) is 17.8 Å². The summed E-state index contributed by atoms with van der Waals surface area (Å²) < 4.78 is 67.9. The van der Waals surface area contributed by atoms with E-state index in [-0.39, 0.29) is 28.9 Å². The minimum Gasteiger partial charge on any atom is -0.353 e. The number of nitrogens with one attached hydrogen (secondary N) is 2. The van der Waals surface area contributed by atoms with Gasteiger partial charge in [-0.1, -0.05) is 33.1 Å². The van der Waals surface area contributed by atoms with E-state index in [1.54, 1.807) is 0 Å². The van der Waals surface area contributed by atoms with E-state index in [2.05, 4.69) is 29.4 Å². The first kappa shape index (κ1) is 32.9. The maximum Gasteiger partial charge on any atom is 0.416 e. The molecule has 2 unspecified atom stereocenters. The van der Waals surface area contributed by atoms with Crippen LogP contribution >= 0.6 is 0 Å². The Morgan fingerprint density at radius 2 is 1.58 bits per heavy atom. The van der Waals surface area contributed by atoms with Crippen molar-refractivity contribution in [1.29, 1.82) is 0 Å². The van der Waals surface area contributed by atoms with Gasteiger partial charge in [-0.15, -0.1) is 0 Å². The molecule has 4 rings (SSSR count). The number of rotatable bonds is 4. The minimum atomic E-state index is -4.50. The van der Waals surface area contributed by atoms with Gasteiger partial charge >= 0.3 is 6.18 Å². The van der Waals surface area contributed by atoms with E-state index in [0.717, 1.165) is 94.7 Å². The van der Waals surface area contributed by atoms with Gasteiger partial charge in [-0.2, -0.15) is 13.2 Å². The molecule has 0 radical (unpaired) electrons. The first-order chi connectivity index (χ1) is 20.3. The molecule has 43 heavy (non-hydrogen) atoms. The van der Waals surface area contributed by atoms with Crippen molar-refractivity contribution in [3.8, 4) is 0 Å². The average Bonchev–Trinajstić information content (AvgIpc) is 3.43. The Labute approximate surface area is 251 Å². The zero-order valence-electron chi connectivity index (χ0n) is 25.2. The van der Waals surface area contributed by atoms with Crippen LogP contribution in [0.3, 0.4) is 0 Å². The molecule has 2 aliphatic rings. The van der Waals surface area contributed by atoms with Gasteiger partial charge in [-0.25, -0.2) is 13.8 Å². The molecule has 1 saturated heterocycles. The van der Waals surface area contributed by atoms with Crippen molar-refractivity contribution in [3.05, 3.63) is 70.8 Å². The Kier molecular flexibility index (Phi) is 10.8. The number of carbonyl (C=O) groups is 1. The SMILES string of the molecule is CN1CCCCC(C)(C)CCC(c2cc(F)cc(F)c2)CC1/N=C(/NC(=O)c1ccc(C(F)(F)F)cc1)NC1CCCC1. The Balaban J connectivity index is 1.66. The fourth-order valence-corrected chi connectivity index (χ4v) is 6.13. The van der Waals surface area contributed by atoms with Crippen LogP contribution in [0.15, 0.2) is 47.5 Å². The number of hydrogen-bond acceptors (Lipinski definition) is 3. The van der Waals surface area contributed by atoms with Gasteiger partial charge in [0, 0.05) is 17.7 Å². The molecule has 2 aromatic carbocycles. The van der Waals surface area contributed by atoms with Crippen LogP contribution in [0.2, 0.25) is 0 Å². The molecular weight excluding hydrogens is 563 g/mol. The second kappa shape index (κ2) is 14.2. The van der Waals surface area contributed by atoms with Gasteiger partial charge in [-0.3, -0.25) is 15.0 Å². The van der Waals surface area contributed by atoms with Gasteiger partial charge in [0.05, 0.1) is 5.56 Å². The zero-order valence-corrected chi connectivity index (χ0v) is 25.2. The number of nitrogens with zero attached hydrogens (tertiary/aromatic N) is 2. The lowest BCUT2D eigenvalue weighted by molar-refractivity contribution is -0.137. The first-order valence-electron chi connectivity index (χ1n) is 15.3. The van der Waals surface area contributed by atoms with Gasteiger partial charge in [0.15, 0.2) is 5.96 Å². The summed E-state index contributed by atoms with van der Waals surface area (Å²) in [6.07, 6.45) is 4.10. The standard InChI is InChI=1S/C33H43F5N4O/c1-32(2)15-6-7-17-42(3)29(20-23(14-16-32)24-18-26(34)21-27(35)19-24)40-31(39-28-8-4-5-9-28)41-30(43)22-10-12-25(13-11-22)33(36,37)38/h10-13,18-19,21,23,28-29H,4-9,14-17,20H2,1-3H3,(H2,39,40,41,43). The third-order valence-electron chi connectivity index (χ3n) is 8.82. The molecule has 1 amide bonds. The number of carbonyl (C=O) groups excluding carboxylic acids is 1. The highest BCUT2D eigenvalue weighted by Crippen LogP contribution is 2.37. The molecule has 0 spiro atoms. The van der Waals surface area contributed by atoms with E-state index in [0.29, 0.717) is 12.0 Å². The summed E-state index contributed by atoms with van der Waals surface area (Å²) in [5.74, 6) is -1.73. The van der Waals surface area contributed by atoms with Crippen LogP contribution in [-0.4, -0.2) is 42.6 Å². The zero-order chi connectivity index (χ0) is 31.2. The Morgan fingerprint density at radius 1 is 0.930 bits per heavy atom. The normalized spacial score (nSPS) is 23.0. The summed E-state index contributed by atoms with van der Waals surface area (Å²) in [7, 11) is 1.96. The Hall–Kier alpha value is -3.01. The summed E-state index contributed by atoms with van der Waals surface area (Å²) in [5.41, 5.74) is -0.0826. The van der Waals surface area contributed by atoms with E-state index in [9.17, 15) is 26.7 Å². The van der Waals surface area contributed by atoms with Gasteiger partial charge in [-0.05, 0) is 112 Å². The quantitative estimate of drug-likeness (QED) is 0.211. The second-order valence-electron chi connectivity index (χ2n) is 12.9. The number of alkyl halides is 3. The molecule has 1 heterocycles. The molecule has 2 fully saturated rings. The summed E-state index contributed by atoms with van der Waals surface area (Å²) in [4.78, 5) is 20.3. The van der Waals surface area contributed by atoms with Crippen LogP contribution in [0, 0.1) is 17.0 Å². The lowest BCUT2D eigenvalue weighted by Crippen LogP contribution is -2.47. The van der Waals surface area contributed by atoms with E-state index in [1.807, 2.05) is 7.05 Å². The Bertz CT molecular complexity index is 1230. The molecule has 236 valence electrons. The maximum atomic E-state index is 14.3. The minimum absolute atomic E-state index is 0.0800. The number of benzene rings is 2. The van der Waals surface area contributed by atoms with Crippen LogP contribution < -0.4 is 10.6 Å². The predicted octanol–water partition coefficient (Wildman–Crippen LogP) is 8.02. The maximum absolute atomic E-state index is 14.3. The number of halogens is 5. The van der Waals surface area contributed by atoms with Crippen LogP contribution in [0.4, 0.5) is 22.0 Å². The highest BCUT2D eigenvalue weighted by molar-refractivity contribution is 6.05. The number of aliphatic imine (C=N–C) groups is 1. The molecule has 2 atom stereocenters. The average molecular weight is 607 g/mol. The molecule has 1 aliphatic carbocycles. The lowest BCUT2D eigenvalue weighted by atomic mass is 9.78. The number of amides is 1. The van der Waals surface area contributed by atoms with Gasteiger partial charge in [0.25, 0.3) is 5.91 Å². The van der Waals surface area contributed by atoms with Crippen molar-refractivity contribution in [2.75, 3.05) is 13.6 Å². The predicted molar refractivity (Wildman–Crippen MR) is 159 cm³/mol. The Morgan fingerprint density at radius 3 is 2.21 bits per heavy atom.